The average Bonchev–Trinajstić information content (AvgIpc) is 2.62. The molecule has 2 rings (SSSR count). The van der Waals surface area contributed by atoms with Crippen LogP contribution in [0, 0.1) is 17.8 Å². The molecule has 2 fully saturated rings. The third kappa shape index (κ3) is 2.57. The molecule has 1 aliphatic carbocycles. The van der Waals surface area contributed by atoms with Crippen molar-refractivity contribution in [2.45, 2.75) is 45.6 Å². The van der Waals surface area contributed by atoms with Crippen LogP contribution in [0.4, 0.5) is 0 Å². The standard InChI is InChI=1S/C13H24N2O/c1-9-5-6-12(10(9)2)15-13(16)11-4-3-7-14-8-11/h9-12,14H,3-8H2,1-2H3,(H,15,16)/t9?,10?,11-,12?/m0/s1. The predicted molar refractivity (Wildman–Crippen MR) is 65.1 cm³/mol. The summed E-state index contributed by atoms with van der Waals surface area (Å²) >= 11 is 0. The van der Waals surface area contributed by atoms with Gasteiger partial charge in [-0.2, -0.15) is 0 Å². The first-order valence-corrected chi connectivity index (χ1v) is 6.69. The normalized spacial score (nSPS) is 39.6. The summed E-state index contributed by atoms with van der Waals surface area (Å²) in [5.74, 6) is 1.88. The Morgan fingerprint density at radius 3 is 2.62 bits per heavy atom. The van der Waals surface area contributed by atoms with Gasteiger partial charge >= 0.3 is 0 Å². The average molecular weight is 224 g/mol. The molecule has 0 spiro atoms. The van der Waals surface area contributed by atoms with Crippen molar-refractivity contribution in [3.8, 4) is 0 Å². The Labute approximate surface area is 98.4 Å². The lowest BCUT2D eigenvalue weighted by atomic mass is 9.95. The van der Waals surface area contributed by atoms with Crippen LogP contribution in [0.1, 0.15) is 39.5 Å². The van der Waals surface area contributed by atoms with Crippen LogP contribution in [0.2, 0.25) is 0 Å². The van der Waals surface area contributed by atoms with Gasteiger partial charge in [-0.15, -0.1) is 0 Å². The maximum Gasteiger partial charge on any atom is 0.224 e. The second-order valence-electron chi connectivity index (χ2n) is 5.57. The summed E-state index contributed by atoms with van der Waals surface area (Å²) in [4.78, 5) is 12.1. The molecule has 92 valence electrons. The highest BCUT2D eigenvalue weighted by Gasteiger charge is 2.32. The van der Waals surface area contributed by atoms with E-state index < -0.39 is 0 Å². The molecule has 0 radical (unpaired) electrons. The lowest BCUT2D eigenvalue weighted by Gasteiger charge is -2.26. The summed E-state index contributed by atoms with van der Waals surface area (Å²) in [6.07, 6.45) is 4.60. The van der Waals surface area contributed by atoms with E-state index >= 15 is 0 Å². The number of nitrogens with one attached hydrogen (secondary N) is 2. The number of rotatable bonds is 2. The summed E-state index contributed by atoms with van der Waals surface area (Å²) < 4.78 is 0. The monoisotopic (exact) mass is 224 g/mol. The highest BCUT2D eigenvalue weighted by molar-refractivity contribution is 5.79. The topological polar surface area (TPSA) is 41.1 Å². The molecule has 3 nitrogen and oxygen atoms in total. The quantitative estimate of drug-likeness (QED) is 0.747. The third-order valence-electron chi connectivity index (χ3n) is 4.46. The minimum absolute atomic E-state index is 0.205. The molecule has 3 heteroatoms. The Morgan fingerprint density at radius 1 is 1.25 bits per heavy atom. The fourth-order valence-corrected chi connectivity index (χ4v) is 2.94. The zero-order chi connectivity index (χ0) is 11.5. The number of carbonyl (C=O) groups excluding carboxylic acids is 1. The largest absolute Gasteiger partial charge is 0.353 e. The van der Waals surface area contributed by atoms with Crippen LogP contribution in [-0.2, 0) is 4.79 Å². The van der Waals surface area contributed by atoms with Gasteiger partial charge in [0.25, 0.3) is 0 Å². The van der Waals surface area contributed by atoms with Gasteiger partial charge in [-0.1, -0.05) is 13.8 Å². The minimum atomic E-state index is 0.205. The van der Waals surface area contributed by atoms with Crippen LogP contribution in [0.15, 0.2) is 0 Å². The van der Waals surface area contributed by atoms with Crippen LogP contribution in [0.5, 0.6) is 0 Å². The lowest BCUT2D eigenvalue weighted by molar-refractivity contribution is -0.126. The Hall–Kier alpha value is -0.570. The number of hydrogen-bond acceptors (Lipinski definition) is 2. The summed E-state index contributed by atoms with van der Waals surface area (Å²) in [6.45, 7) is 6.49. The first-order chi connectivity index (χ1) is 7.68. The zero-order valence-electron chi connectivity index (χ0n) is 10.5. The van der Waals surface area contributed by atoms with Crippen LogP contribution < -0.4 is 10.6 Å². The van der Waals surface area contributed by atoms with E-state index in [-0.39, 0.29) is 11.8 Å². The van der Waals surface area contributed by atoms with Gasteiger partial charge in [0.1, 0.15) is 0 Å². The molecule has 1 amide bonds. The molecule has 16 heavy (non-hydrogen) atoms. The van der Waals surface area contributed by atoms with Crippen LogP contribution in [0.3, 0.4) is 0 Å². The van der Waals surface area contributed by atoms with E-state index in [0.29, 0.717) is 12.0 Å². The summed E-state index contributed by atoms with van der Waals surface area (Å²) in [5.41, 5.74) is 0. The second kappa shape index (κ2) is 5.17. The van der Waals surface area contributed by atoms with Crippen LogP contribution >= 0.6 is 0 Å². The molecule has 0 bridgehead atoms. The van der Waals surface area contributed by atoms with Gasteiger partial charge < -0.3 is 10.6 Å². The van der Waals surface area contributed by atoms with E-state index in [4.69, 9.17) is 0 Å². The SMILES string of the molecule is CC1CCC(NC(=O)[C@H]2CCCNC2)C1C. The number of piperidine rings is 1. The highest BCUT2D eigenvalue weighted by Crippen LogP contribution is 2.31. The fraction of sp³-hybridized carbons (Fsp3) is 0.923. The summed E-state index contributed by atoms with van der Waals surface area (Å²) in [6, 6.07) is 0.421. The molecule has 0 aromatic rings. The molecule has 4 atom stereocenters. The lowest BCUT2D eigenvalue weighted by Crippen LogP contribution is -2.45. The van der Waals surface area contributed by atoms with Crippen molar-refractivity contribution in [3.05, 3.63) is 0 Å². The Morgan fingerprint density at radius 2 is 2.06 bits per heavy atom. The maximum absolute atomic E-state index is 12.1. The molecule has 3 unspecified atom stereocenters. The smallest absolute Gasteiger partial charge is 0.224 e. The van der Waals surface area contributed by atoms with Crippen molar-refractivity contribution in [2.75, 3.05) is 13.1 Å². The number of carbonyl (C=O) groups is 1. The van der Waals surface area contributed by atoms with Gasteiger partial charge in [0.15, 0.2) is 0 Å². The number of hydrogen-bond donors (Lipinski definition) is 2. The first kappa shape index (κ1) is 11.9. The van der Waals surface area contributed by atoms with Crippen LogP contribution in [-0.4, -0.2) is 25.0 Å². The zero-order valence-corrected chi connectivity index (χ0v) is 10.5. The van der Waals surface area contributed by atoms with Gasteiger partial charge in [-0.05, 0) is 44.1 Å². The molecule has 0 aromatic carbocycles. The van der Waals surface area contributed by atoms with Crippen LogP contribution in [0.25, 0.3) is 0 Å². The molecule has 0 aromatic heterocycles. The minimum Gasteiger partial charge on any atom is -0.353 e. The molecule has 2 aliphatic rings. The fourth-order valence-electron chi connectivity index (χ4n) is 2.94. The van der Waals surface area contributed by atoms with E-state index in [1.807, 2.05) is 0 Å². The predicted octanol–water partition coefficient (Wildman–Crippen LogP) is 1.54. The maximum atomic E-state index is 12.1. The molecular formula is C13H24N2O. The second-order valence-corrected chi connectivity index (χ2v) is 5.57. The van der Waals surface area contributed by atoms with Crippen molar-refractivity contribution in [1.82, 2.24) is 10.6 Å². The molecule has 1 heterocycles. The van der Waals surface area contributed by atoms with E-state index in [1.54, 1.807) is 0 Å². The third-order valence-corrected chi connectivity index (χ3v) is 4.46. The van der Waals surface area contributed by atoms with E-state index in [1.165, 1.54) is 6.42 Å². The van der Waals surface area contributed by atoms with E-state index in [9.17, 15) is 4.79 Å². The van der Waals surface area contributed by atoms with E-state index in [2.05, 4.69) is 24.5 Å². The van der Waals surface area contributed by atoms with Gasteiger partial charge in [0, 0.05) is 12.6 Å². The van der Waals surface area contributed by atoms with Crippen molar-refractivity contribution in [1.29, 1.82) is 0 Å². The molecule has 1 aliphatic heterocycles. The highest BCUT2D eigenvalue weighted by atomic mass is 16.2. The molecule has 1 saturated heterocycles. The van der Waals surface area contributed by atoms with E-state index in [0.717, 1.165) is 38.3 Å². The Kier molecular flexibility index (Phi) is 3.85. The number of amides is 1. The Balaban J connectivity index is 1.82. The van der Waals surface area contributed by atoms with Crippen molar-refractivity contribution < 1.29 is 4.79 Å². The van der Waals surface area contributed by atoms with Gasteiger partial charge in [0.2, 0.25) is 5.91 Å². The summed E-state index contributed by atoms with van der Waals surface area (Å²) in [5, 5.41) is 6.55. The Bertz CT molecular complexity index is 248. The van der Waals surface area contributed by atoms with Gasteiger partial charge in [-0.25, -0.2) is 0 Å². The summed E-state index contributed by atoms with van der Waals surface area (Å²) in [7, 11) is 0. The van der Waals surface area contributed by atoms with Crippen molar-refractivity contribution in [2.24, 2.45) is 17.8 Å². The van der Waals surface area contributed by atoms with Gasteiger partial charge in [0.05, 0.1) is 5.92 Å². The van der Waals surface area contributed by atoms with Crippen molar-refractivity contribution in [3.63, 3.8) is 0 Å². The molecular weight excluding hydrogens is 200 g/mol. The van der Waals surface area contributed by atoms with Crippen molar-refractivity contribution >= 4 is 5.91 Å². The first-order valence-electron chi connectivity index (χ1n) is 6.69. The van der Waals surface area contributed by atoms with Gasteiger partial charge in [-0.3, -0.25) is 4.79 Å². The molecule has 2 N–H and O–H groups in total. The molecule has 1 saturated carbocycles.